The summed E-state index contributed by atoms with van der Waals surface area (Å²) in [6, 6.07) is 7.30. The van der Waals surface area contributed by atoms with Gasteiger partial charge in [0.2, 0.25) is 0 Å². The van der Waals surface area contributed by atoms with Crippen molar-refractivity contribution in [3.63, 3.8) is 0 Å². The standard InChI is InChI=1S/C20H20N4OS/c1-4-14-5-6-16(23-12-14)17(25)9-15-7-8-22-18(10-15)20(3)11-13(2)26-19(21)24-20/h4-8,10,12H,1-2,9,11H2,3H3,(H2,21,24)/t20-/m0/s1. The molecule has 132 valence electrons. The Bertz CT molecular complexity index is 904. The number of hydrogen-bond donors (Lipinski definition) is 1. The van der Waals surface area contributed by atoms with Gasteiger partial charge in [-0.3, -0.25) is 14.8 Å². The zero-order chi connectivity index (χ0) is 18.7. The van der Waals surface area contributed by atoms with E-state index in [0.29, 0.717) is 17.3 Å². The van der Waals surface area contributed by atoms with Gasteiger partial charge in [-0.2, -0.15) is 0 Å². The molecule has 1 aliphatic heterocycles. The molecule has 2 N–H and O–H groups in total. The minimum absolute atomic E-state index is 0.0467. The predicted octanol–water partition coefficient (Wildman–Crippen LogP) is 3.73. The maximum absolute atomic E-state index is 12.5. The Hall–Kier alpha value is -2.73. The molecule has 0 aliphatic carbocycles. The van der Waals surface area contributed by atoms with E-state index in [4.69, 9.17) is 5.73 Å². The van der Waals surface area contributed by atoms with Crippen LogP contribution in [0.4, 0.5) is 0 Å². The lowest BCUT2D eigenvalue weighted by Crippen LogP contribution is -2.28. The summed E-state index contributed by atoms with van der Waals surface area (Å²) in [5.41, 5.74) is 8.32. The van der Waals surface area contributed by atoms with Gasteiger partial charge < -0.3 is 5.73 Å². The third-order valence-electron chi connectivity index (χ3n) is 4.20. The zero-order valence-corrected chi connectivity index (χ0v) is 15.4. The van der Waals surface area contributed by atoms with Gasteiger partial charge in [-0.1, -0.05) is 37.1 Å². The molecule has 3 heterocycles. The lowest BCUT2D eigenvalue weighted by Gasteiger charge is -2.30. The minimum atomic E-state index is -0.560. The maximum atomic E-state index is 12.5. The van der Waals surface area contributed by atoms with Crippen LogP contribution in [0.5, 0.6) is 0 Å². The lowest BCUT2D eigenvalue weighted by atomic mass is 9.92. The van der Waals surface area contributed by atoms with Gasteiger partial charge in [0.1, 0.15) is 11.2 Å². The second kappa shape index (κ2) is 7.25. The van der Waals surface area contributed by atoms with Gasteiger partial charge in [0.25, 0.3) is 0 Å². The monoisotopic (exact) mass is 364 g/mol. The van der Waals surface area contributed by atoms with Crippen molar-refractivity contribution in [3.05, 3.63) is 77.2 Å². The number of carbonyl (C=O) groups is 1. The summed E-state index contributed by atoms with van der Waals surface area (Å²) in [4.78, 5) is 26.7. The topological polar surface area (TPSA) is 81.2 Å². The Balaban J connectivity index is 1.83. The predicted molar refractivity (Wildman–Crippen MR) is 107 cm³/mol. The molecule has 5 nitrogen and oxygen atoms in total. The second-order valence-electron chi connectivity index (χ2n) is 6.37. The highest BCUT2D eigenvalue weighted by Crippen LogP contribution is 2.39. The minimum Gasteiger partial charge on any atom is -0.378 e. The highest BCUT2D eigenvalue weighted by Gasteiger charge is 2.32. The van der Waals surface area contributed by atoms with Gasteiger partial charge in [0.15, 0.2) is 11.0 Å². The third kappa shape index (κ3) is 3.91. The van der Waals surface area contributed by atoms with E-state index in [1.165, 1.54) is 11.8 Å². The molecule has 0 unspecified atom stereocenters. The Morgan fingerprint density at radius 3 is 2.85 bits per heavy atom. The van der Waals surface area contributed by atoms with Crippen LogP contribution in [-0.4, -0.2) is 20.9 Å². The van der Waals surface area contributed by atoms with E-state index in [1.807, 2.05) is 25.1 Å². The van der Waals surface area contributed by atoms with Crippen molar-refractivity contribution < 1.29 is 4.79 Å². The smallest absolute Gasteiger partial charge is 0.185 e. The van der Waals surface area contributed by atoms with Crippen LogP contribution in [0.25, 0.3) is 6.08 Å². The molecule has 0 saturated heterocycles. The summed E-state index contributed by atoms with van der Waals surface area (Å²) in [6.07, 6.45) is 5.95. The van der Waals surface area contributed by atoms with Crippen molar-refractivity contribution >= 4 is 28.8 Å². The molecule has 6 heteroatoms. The van der Waals surface area contributed by atoms with Crippen molar-refractivity contribution in [2.75, 3.05) is 0 Å². The molecule has 26 heavy (non-hydrogen) atoms. The molecular formula is C20H20N4OS. The summed E-state index contributed by atoms with van der Waals surface area (Å²) in [5.74, 6) is -0.0467. The molecule has 0 saturated carbocycles. The number of amidine groups is 1. The van der Waals surface area contributed by atoms with Gasteiger partial charge in [0.05, 0.1) is 5.69 Å². The van der Waals surface area contributed by atoms with Crippen molar-refractivity contribution in [2.45, 2.75) is 25.3 Å². The van der Waals surface area contributed by atoms with Crippen LogP contribution >= 0.6 is 11.8 Å². The van der Waals surface area contributed by atoms with Gasteiger partial charge >= 0.3 is 0 Å². The lowest BCUT2D eigenvalue weighted by molar-refractivity contribution is 0.0988. The first kappa shape index (κ1) is 18.1. The quantitative estimate of drug-likeness (QED) is 0.818. The first-order valence-electron chi connectivity index (χ1n) is 8.18. The number of rotatable bonds is 5. The number of nitrogens with two attached hydrogens (primary N) is 1. The Labute approximate surface area is 157 Å². The number of aromatic nitrogens is 2. The molecule has 3 rings (SSSR count). The fourth-order valence-electron chi connectivity index (χ4n) is 2.87. The highest BCUT2D eigenvalue weighted by molar-refractivity contribution is 8.17. The number of aliphatic imine (C=N–C) groups is 1. The van der Waals surface area contributed by atoms with Gasteiger partial charge in [-0.15, -0.1) is 0 Å². The average molecular weight is 364 g/mol. The number of pyridine rings is 2. The van der Waals surface area contributed by atoms with Gasteiger partial charge in [0, 0.05) is 25.2 Å². The van der Waals surface area contributed by atoms with Gasteiger partial charge in [-0.05, 0) is 41.2 Å². The molecule has 1 aliphatic rings. The number of hydrogen-bond acceptors (Lipinski definition) is 6. The largest absolute Gasteiger partial charge is 0.378 e. The molecule has 0 radical (unpaired) electrons. The number of ketones is 1. The highest BCUT2D eigenvalue weighted by atomic mass is 32.2. The van der Waals surface area contributed by atoms with Crippen LogP contribution < -0.4 is 5.73 Å². The number of thioether (sulfide) groups is 1. The summed E-state index contributed by atoms with van der Waals surface area (Å²) >= 11 is 1.39. The van der Waals surface area contributed by atoms with Crippen molar-refractivity contribution in [1.82, 2.24) is 9.97 Å². The first-order valence-corrected chi connectivity index (χ1v) is 8.99. The van der Waals surface area contributed by atoms with Crippen LogP contribution in [0.1, 0.15) is 40.7 Å². The number of Topliss-reactive ketones (excluding diaryl/α,β-unsaturated/α-hetero) is 1. The van der Waals surface area contributed by atoms with Crippen LogP contribution in [0, 0.1) is 0 Å². The van der Waals surface area contributed by atoms with Gasteiger partial charge in [-0.25, -0.2) is 4.99 Å². The first-order chi connectivity index (χ1) is 12.4. The maximum Gasteiger partial charge on any atom is 0.185 e. The summed E-state index contributed by atoms with van der Waals surface area (Å²) in [7, 11) is 0. The Morgan fingerprint density at radius 1 is 1.38 bits per heavy atom. The average Bonchev–Trinajstić information content (AvgIpc) is 2.61. The summed E-state index contributed by atoms with van der Waals surface area (Å²) in [5, 5.41) is 0.485. The summed E-state index contributed by atoms with van der Waals surface area (Å²) < 4.78 is 0. The SMILES string of the molecule is C=Cc1ccc(C(=O)Cc2ccnc([C@]3(C)CC(=C)SC(N)=N3)c2)nc1. The second-order valence-corrected chi connectivity index (χ2v) is 7.57. The number of carbonyl (C=O) groups excluding carboxylic acids is 1. The van der Waals surface area contributed by atoms with E-state index in [0.717, 1.165) is 21.7 Å². The normalized spacial score (nSPS) is 19.7. The molecular weight excluding hydrogens is 344 g/mol. The Kier molecular flexibility index (Phi) is 5.04. The van der Waals surface area contributed by atoms with E-state index in [-0.39, 0.29) is 12.2 Å². The zero-order valence-electron chi connectivity index (χ0n) is 14.6. The molecule has 0 fully saturated rings. The molecule has 0 amide bonds. The fourth-order valence-corrected chi connectivity index (χ4v) is 3.76. The van der Waals surface area contributed by atoms with E-state index >= 15 is 0 Å². The fraction of sp³-hybridized carbons (Fsp3) is 0.200. The Morgan fingerprint density at radius 2 is 2.19 bits per heavy atom. The molecule has 0 aromatic carbocycles. The van der Waals surface area contributed by atoms with Crippen LogP contribution in [0.2, 0.25) is 0 Å². The van der Waals surface area contributed by atoms with Crippen LogP contribution in [0.15, 0.2) is 59.7 Å². The molecule has 2 aromatic rings. The van der Waals surface area contributed by atoms with Crippen LogP contribution in [0.3, 0.4) is 0 Å². The molecule has 2 aromatic heterocycles. The van der Waals surface area contributed by atoms with E-state index in [2.05, 4.69) is 28.1 Å². The molecule has 0 bridgehead atoms. The van der Waals surface area contributed by atoms with E-state index in [1.54, 1.807) is 24.5 Å². The van der Waals surface area contributed by atoms with E-state index in [9.17, 15) is 4.79 Å². The summed E-state index contributed by atoms with van der Waals surface area (Å²) in [6.45, 7) is 9.68. The molecule has 1 atom stereocenters. The van der Waals surface area contributed by atoms with Crippen molar-refractivity contribution in [3.8, 4) is 0 Å². The molecule has 0 spiro atoms. The van der Waals surface area contributed by atoms with Crippen molar-refractivity contribution in [1.29, 1.82) is 0 Å². The van der Waals surface area contributed by atoms with E-state index < -0.39 is 5.54 Å². The van der Waals surface area contributed by atoms with Crippen LogP contribution in [-0.2, 0) is 12.0 Å². The van der Waals surface area contributed by atoms with Crippen molar-refractivity contribution in [2.24, 2.45) is 10.7 Å². The third-order valence-corrected chi connectivity index (χ3v) is 4.93. The number of nitrogens with zero attached hydrogens (tertiary/aromatic N) is 3.